The first-order valence-corrected chi connectivity index (χ1v) is 11.1. The van der Waals surface area contributed by atoms with E-state index in [9.17, 15) is 0 Å². The molecule has 6 nitrogen and oxygen atoms in total. The molecule has 164 valence electrons. The van der Waals surface area contributed by atoms with Gasteiger partial charge in [0, 0.05) is 23.4 Å². The Hall–Kier alpha value is -3.54. The summed E-state index contributed by atoms with van der Waals surface area (Å²) >= 11 is 0. The van der Waals surface area contributed by atoms with Gasteiger partial charge in [0.2, 0.25) is 0 Å². The standard InChI is InChI=1S/C26H28N4O2/c1-17-24(19-8-5-4-6-9-19)26-28-21-11-7-10-20(21)25(30(26)29-17)27-15-14-18-12-13-22(31-2)23(16-18)32-3/h4-6,8-9,12-13,16,27H,7,10-11,14-15H2,1-3H3. The van der Waals surface area contributed by atoms with Crippen molar-refractivity contribution in [2.75, 3.05) is 26.1 Å². The summed E-state index contributed by atoms with van der Waals surface area (Å²) in [4.78, 5) is 5.05. The zero-order chi connectivity index (χ0) is 22.1. The Morgan fingerprint density at radius 2 is 1.81 bits per heavy atom. The van der Waals surface area contributed by atoms with Gasteiger partial charge in [0.25, 0.3) is 0 Å². The molecular formula is C26H28N4O2. The Morgan fingerprint density at radius 3 is 2.59 bits per heavy atom. The molecule has 1 aliphatic rings. The largest absolute Gasteiger partial charge is 0.493 e. The minimum Gasteiger partial charge on any atom is -0.493 e. The van der Waals surface area contributed by atoms with Crippen LogP contribution in [0, 0.1) is 6.92 Å². The second kappa shape index (κ2) is 8.54. The number of nitrogens with one attached hydrogen (secondary N) is 1. The van der Waals surface area contributed by atoms with E-state index in [4.69, 9.17) is 19.6 Å². The Morgan fingerprint density at radius 1 is 1.00 bits per heavy atom. The molecule has 1 aliphatic carbocycles. The SMILES string of the molecule is COc1ccc(CCNc2c3c(nc4c(-c5ccccc5)c(C)nn24)CCC3)cc1OC. The highest BCUT2D eigenvalue weighted by Crippen LogP contribution is 2.34. The van der Waals surface area contributed by atoms with Crippen molar-refractivity contribution in [1.82, 2.24) is 14.6 Å². The minimum atomic E-state index is 0.748. The van der Waals surface area contributed by atoms with E-state index in [2.05, 4.69) is 42.6 Å². The molecule has 2 aromatic carbocycles. The summed E-state index contributed by atoms with van der Waals surface area (Å²) in [7, 11) is 3.32. The molecule has 6 heteroatoms. The van der Waals surface area contributed by atoms with E-state index in [1.54, 1.807) is 14.2 Å². The number of hydrogen-bond donors (Lipinski definition) is 1. The van der Waals surface area contributed by atoms with Crippen LogP contribution in [0.1, 0.15) is 28.9 Å². The maximum Gasteiger partial charge on any atom is 0.165 e. The van der Waals surface area contributed by atoms with Gasteiger partial charge >= 0.3 is 0 Å². The summed E-state index contributed by atoms with van der Waals surface area (Å²) < 4.78 is 12.8. The maximum absolute atomic E-state index is 5.45. The van der Waals surface area contributed by atoms with Crippen molar-refractivity contribution in [3.05, 3.63) is 71.0 Å². The van der Waals surface area contributed by atoms with Gasteiger partial charge in [-0.1, -0.05) is 36.4 Å². The quantitative estimate of drug-likeness (QED) is 0.455. The zero-order valence-electron chi connectivity index (χ0n) is 18.8. The van der Waals surface area contributed by atoms with E-state index in [1.165, 1.54) is 16.8 Å². The summed E-state index contributed by atoms with van der Waals surface area (Å²) in [5, 5.41) is 8.58. The number of benzene rings is 2. The van der Waals surface area contributed by atoms with Crippen molar-refractivity contribution in [3.63, 3.8) is 0 Å². The first kappa shape index (κ1) is 20.4. The Balaban J connectivity index is 1.48. The van der Waals surface area contributed by atoms with E-state index in [0.29, 0.717) is 0 Å². The maximum atomic E-state index is 5.45. The van der Waals surface area contributed by atoms with Crippen LogP contribution in [0.15, 0.2) is 48.5 Å². The second-order valence-electron chi connectivity index (χ2n) is 8.17. The van der Waals surface area contributed by atoms with E-state index in [-0.39, 0.29) is 0 Å². The Kier molecular flexibility index (Phi) is 5.43. The molecule has 2 aromatic heterocycles. The highest BCUT2D eigenvalue weighted by molar-refractivity contribution is 5.81. The highest BCUT2D eigenvalue weighted by atomic mass is 16.5. The molecule has 5 rings (SSSR count). The lowest BCUT2D eigenvalue weighted by molar-refractivity contribution is 0.354. The average Bonchev–Trinajstić information content (AvgIpc) is 3.42. The molecule has 0 radical (unpaired) electrons. The molecule has 0 amide bonds. The van der Waals surface area contributed by atoms with Crippen LogP contribution in [-0.4, -0.2) is 35.4 Å². The molecule has 0 spiro atoms. The third-order valence-electron chi connectivity index (χ3n) is 6.18. The Bertz CT molecular complexity index is 1260. The Labute approximate surface area is 188 Å². The lowest BCUT2D eigenvalue weighted by Crippen LogP contribution is -2.13. The van der Waals surface area contributed by atoms with Crippen molar-refractivity contribution < 1.29 is 9.47 Å². The summed E-state index contributed by atoms with van der Waals surface area (Å²) in [6.07, 6.45) is 4.06. The van der Waals surface area contributed by atoms with Crippen molar-refractivity contribution in [2.45, 2.75) is 32.6 Å². The van der Waals surface area contributed by atoms with Gasteiger partial charge in [-0.25, -0.2) is 4.98 Å². The second-order valence-corrected chi connectivity index (χ2v) is 8.17. The van der Waals surface area contributed by atoms with Gasteiger partial charge in [0.15, 0.2) is 17.1 Å². The normalized spacial score (nSPS) is 12.7. The summed E-state index contributed by atoms with van der Waals surface area (Å²) in [5.41, 5.74) is 7.89. The van der Waals surface area contributed by atoms with E-state index in [0.717, 1.165) is 72.0 Å². The summed E-state index contributed by atoms with van der Waals surface area (Å²) in [6.45, 7) is 2.86. The summed E-state index contributed by atoms with van der Waals surface area (Å²) in [6, 6.07) is 16.5. The first-order valence-electron chi connectivity index (χ1n) is 11.1. The van der Waals surface area contributed by atoms with Gasteiger partial charge < -0.3 is 14.8 Å². The minimum absolute atomic E-state index is 0.748. The summed E-state index contributed by atoms with van der Waals surface area (Å²) in [5.74, 6) is 2.58. The van der Waals surface area contributed by atoms with Crippen LogP contribution in [0.5, 0.6) is 11.5 Å². The number of methoxy groups -OCH3 is 2. The van der Waals surface area contributed by atoms with Crippen molar-refractivity contribution >= 4 is 11.5 Å². The number of rotatable bonds is 7. The predicted molar refractivity (Wildman–Crippen MR) is 127 cm³/mol. The number of aryl methyl sites for hydroxylation is 2. The number of nitrogens with zero attached hydrogens (tertiary/aromatic N) is 3. The lowest BCUT2D eigenvalue weighted by atomic mass is 10.1. The van der Waals surface area contributed by atoms with Crippen LogP contribution in [0.3, 0.4) is 0 Å². The van der Waals surface area contributed by atoms with Crippen molar-refractivity contribution in [1.29, 1.82) is 0 Å². The van der Waals surface area contributed by atoms with Crippen LogP contribution >= 0.6 is 0 Å². The van der Waals surface area contributed by atoms with Crippen LogP contribution in [0.4, 0.5) is 5.82 Å². The molecule has 0 bridgehead atoms. The molecule has 0 saturated heterocycles. The van der Waals surface area contributed by atoms with Crippen molar-refractivity contribution in [3.8, 4) is 22.6 Å². The smallest absolute Gasteiger partial charge is 0.165 e. The molecule has 0 unspecified atom stereocenters. The fourth-order valence-electron chi connectivity index (χ4n) is 4.62. The molecule has 2 heterocycles. The molecule has 0 fully saturated rings. The van der Waals surface area contributed by atoms with Crippen LogP contribution in [-0.2, 0) is 19.3 Å². The molecule has 0 atom stereocenters. The fraction of sp³-hybridized carbons (Fsp3) is 0.308. The number of fused-ring (bicyclic) bond motifs is 2. The van der Waals surface area contributed by atoms with Crippen LogP contribution < -0.4 is 14.8 Å². The van der Waals surface area contributed by atoms with Crippen molar-refractivity contribution in [2.24, 2.45) is 0 Å². The first-order chi connectivity index (χ1) is 15.7. The molecule has 0 aliphatic heterocycles. The lowest BCUT2D eigenvalue weighted by Gasteiger charge is -2.14. The molecular weight excluding hydrogens is 400 g/mol. The number of hydrogen-bond acceptors (Lipinski definition) is 5. The molecule has 4 aromatic rings. The highest BCUT2D eigenvalue weighted by Gasteiger charge is 2.23. The van der Waals surface area contributed by atoms with Gasteiger partial charge in [0.05, 0.1) is 19.9 Å². The number of ether oxygens (including phenoxy) is 2. The average molecular weight is 429 g/mol. The number of anilines is 1. The third-order valence-corrected chi connectivity index (χ3v) is 6.18. The zero-order valence-corrected chi connectivity index (χ0v) is 18.8. The molecule has 0 saturated carbocycles. The number of aromatic nitrogens is 3. The fourth-order valence-corrected chi connectivity index (χ4v) is 4.62. The van der Waals surface area contributed by atoms with Gasteiger partial charge in [-0.05, 0) is 55.9 Å². The van der Waals surface area contributed by atoms with Gasteiger partial charge in [-0.15, -0.1) is 0 Å². The predicted octanol–water partition coefficient (Wildman–Crippen LogP) is 4.87. The van der Waals surface area contributed by atoms with Crippen LogP contribution in [0.25, 0.3) is 16.8 Å². The van der Waals surface area contributed by atoms with Crippen LogP contribution in [0.2, 0.25) is 0 Å². The molecule has 32 heavy (non-hydrogen) atoms. The molecule has 1 N–H and O–H groups in total. The van der Waals surface area contributed by atoms with E-state index < -0.39 is 0 Å². The third kappa shape index (κ3) is 3.55. The van der Waals surface area contributed by atoms with E-state index in [1.807, 2.05) is 22.7 Å². The van der Waals surface area contributed by atoms with E-state index >= 15 is 0 Å². The monoisotopic (exact) mass is 428 g/mol. The van der Waals surface area contributed by atoms with Gasteiger partial charge in [0.1, 0.15) is 5.82 Å². The topological polar surface area (TPSA) is 60.7 Å². The van der Waals surface area contributed by atoms with Gasteiger partial charge in [-0.2, -0.15) is 9.61 Å². The van der Waals surface area contributed by atoms with Gasteiger partial charge in [-0.3, -0.25) is 0 Å².